The van der Waals surface area contributed by atoms with E-state index < -0.39 is 0 Å². The maximum atomic E-state index is 12.6. The van der Waals surface area contributed by atoms with E-state index in [1.165, 1.54) is 0 Å². The Balaban J connectivity index is 1.75. The summed E-state index contributed by atoms with van der Waals surface area (Å²) in [4.78, 5) is 18.7. The molecule has 0 saturated heterocycles. The maximum Gasteiger partial charge on any atom is 0.229 e. The van der Waals surface area contributed by atoms with E-state index in [2.05, 4.69) is 15.6 Å². The summed E-state index contributed by atoms with van der Waals surface area (Å²) in [6.07, 6.45) is 4.14. The van der Waals surface area contributed by atoms with Crippen LogP contribution in [-0.4, -0.2) is 39.6 Å². The average molecular weight is 299 g/mol. The molecule has 116 valence electrons. The number of carbonyl (C=O) groups is 1. The highest BCUT2D eigenvalue weighted by atomic mass is 16.5. The summed E-state index contributed by atoms with van der Waals surface area (Å²) in [5.41, 5.74) is 1.96. The molecule has 5 heteroatoms. The summed E-state index contributed by atoms with van der Waals surface area (Å²) in [7, 11) is 0. The van der Waals surface area contributed by atoms with Crippen molar-refractivity contribution >= 4 is 5.91 Å². The first-order chi connectivity index (χ1) is 10.8. The van der Waals surface area contributed by atoms with Gasteiger partial charge in [0, 0.05) is 36.9 Å². The third-order valence-corrected chi connectivity index (χ3v) is 3.91. The monoisotopic (exact) mass is 299 g/mol. The van der Waals surface area contributed by atoms with Gasteiger partial charge in [0.2, 0.25) is 5.91 Å². The van der Waals surface area contributed by atoms with Gasteiger partial charge in [-0.15, -0.1) is 0 Å². The van der Waals surface area contributed by atoms with E-state index in [0.717, 1.165) is 17.9 Å². The molecule has 1 amide bonds. The van der Waals surface area contributed by atoms with Gasteiger partial charge in [-0.2, -0.15) is 0 Å². The Kier molecular flexibility index (Phi) is 4.53. The molecule has 22 heavy (non-hydrogen) atoms. The first-order valence-electron chi connectivity index (χ1n) is 7.69. The molecule has 0 aromatic carbocycles. The summed E-state index contributed by atoms with van der Waals surface area (Å²) in [6.45, 7) is 4.69. The van der Waals surface area contributed by atoms with Crippen LogP contribution in [0.4, 0.5) is 0 Å². The zero-order chi connectivity index (χ0) is 15.4. The number of aromatic nitrogens is 2. The van der Waals surface area contributed by atoms with E-state index in [-0.39, 0.29) is 12.0 Å². The maximum absolute atomic E-state index is 12.6. The number of nitrogens with zero attached hydrogens (tertiary/aromatic N) is 3. The van der Waals surface area contributed by atoms with Crippen molar-refractivity contribution in [3.63, 3.8) is 0 Å². The van der Waals surface area contributed by atoms with E-state index in [4.69, 9.17) is 4.74 Å². The minimum atomic E-state index is 0.0336. The Morgan fingerprint density at radius 2 is 2.23 bits per heavy atom. The molecule has 0 bridgehead atoms. The second kappa shape index (κ2) is 6.75. The van der Waals surface area contributed by atoms with Crippen LogP contribution >= 0.6 is 0 Å². The Labute approximate surface area is 130 Å². The molecule has 1 aliphatic rings. The molecular formula is C17H21N3O2. The van der Waals surface area contributed by atoms with Crippen LogP contribution in [0.2, 0.25) is 0 Å². The van der Waals surface area contributed by atoms with Gasteiger partial charge in [-0.25, -0.2) is 0 Å². The average Bonchev–Trinajstić information content (AvgIpc) is 2.87. The number of ether oxygens (including phenoxy) is 1. The lowest BCUT2D eigenvalue weighted by Crippen LogP contribution is -2.38. The van der Waals surface area contributed by atoms with Crippen LogP contribution in [0.15, 0.2) is 42.7 Å². The van der Waals surface area contributed by atoms with E-state index in [0.29, 0.717) is 26.1 Å². The van der Waals surface area contributed by atoms with Crippen LogP contribution in [0, 0.1) is 0 Å². The minimum Gasteiger partial charge on any atom is -0.375 e. The van der Waals surface area contributed by atoms with Gasteiger partial charge in [0.15, 0.2) is 0 Å². The molecule has 0 spiro atoms. The fourth-order valence-electron chi connectivity index (χ4n) is 2.85. The van der Waals surface area contributed by atoms with Crippen molar-refractivity contribution in [1.82, 2.24) is 14.5 Å². The Bertz CT molecular complexity index is 624. The van der Waals surface area contributed by atoms with Crippen LogP contribution < -0.4 is 0 Å². The Hall–Kier alpha value is -2.14. The summed E-state index contributed by atoms with van der Waals surface area (Å²) < 4.78 is 7.96. The molecule has 0 aliphatic carbocycles. The first-order valence-corrected chi connectivity index (χ1v) is 7.69. The lowest BCUT2D eigenvalue weighted by Gasteiger charge is -2.24. The Morgan fingerprint density at radius 3 is 3.00 bits per heavy atom. The normalized spacial score (nSPS) is 17.9. The minimum absolute atomic E-state index is 0.0336. The highest BCUT2D eigenvalue weighted by Crippen LogP contribution is 2.16. The largest absolute Gasteiger partial charge is 0.375 e. The van der Waals surface area contributed by atoms with E-state index in [9.17, 15) is 4.79 Å². The number of rotatable bonds is 4. The second-order valence-corrected chi connectivity index (χ2v) is 5.50. The SMILES string of the molecule is CCO[C@@H]1CN(C(=O)Cc2ccccn2)Cc2cccn2C1. The van der Waals surface area contributed by atoms with Crippen molar-refractivity contribution < 1.29 is 9.53 Å². The van der Waals surface area contributed by atoms with Crippen molar-refractivity contribution in [3.8, 4) is 0 Å². The molecule has 1 atom stereocenters. The fraction of sp³-hybridized carbons (Fsp3) is 0.412. The standard InChI is InChI=1S/C17H21N3O2/c1-2-22-16-12-19-9-5-7-15(19)11-20(13-16)17(21)10-14-6-3-4-8-18-14/h3-9,16H,2,10-13H2,1H3/t16-/m0/s1. The van der Waals surface area contributed by atoms with Crippen LogP contribution in [-0.2, 0) is 29.0 Å². The van der Waals surface area contributed by atoms with Crippen molar-refractivity contribution in [1.29, 1.82) is 0 Å². The number of hydrogen-bond donors (Lipinski definition) is 0. The quantitative estimate of drug-likeness (QED) is 0.866. The topological polar surface area (TPSA) is 47.4 Å². The number of fused-ring (bicyclic) bond motifs is 1. The van der Waals surface area contributed by atoms with Gasteiger partial charge < -0.3 is 14.2 Å². The molecule has 2 aromatic heterocycles. The van der Waals surface area contributed by atoms with Gasteiger partial charge in [-0.3, -0.25) is 9.78 Å². The number of pyridine rings is 1. The highest BCUT2D eigenvalue weighted by Gasteiger charge is 2.25. The molecule has 3 heterocycles. The van der Waals surface area contributed by atoms with E-state index in [1.807, 2.05) is 42.3 Å². The van der Waals surface area contributed by atoms with Gasteiger partial charge in [0.1, 0.15) is 0 Å². The summed E-state index contributed by atoms with van der Waals surface area (Å²) in [6, 6.07) is 9.74. The molecule has 1 aliphatic heterocycles. The lowest BCUT2D eigenvalue weighted by atomic mass is 10.2. The molecule has 0 saturated carbocycles. The molecule has 0 N–H and O–H groups in total. The van der Waals surface area contributed by atoms with Crippen molar-refractivity contribution in [2.24, 2.45) is 0 Å². The summed E-state index contributed by atoms with van der Waals surface area (Å²) >= 11 is 0. The van der Waals surface area contributed by atoms with Crippen LogP contribution in [0.3, 0.4) is 0 Å². The number of amides is 1. The highest BCUT2D eigenvalue weighted by molar-refractivity contribution is 5.78. The first kappa shape index (κ1) is 14.8. The second-order valence-electron chi connectivity index (χ2n) is 5.50. The lowest BCUT2D eigenvalue weighted by molar-refractivity contribution is -0.133. The molecule has 0 fully saturated rings. The molecule has 2 aromatic rings. The molecule has 0 radical (unpaired) electrons. The predicted molar refractivity (Wildman–Crippen MR) is 83.2 cm³/mol. The van der Waals surface area contributed by atoms with Gasteiger partial charge in [-0.1, -0.05) is 6.07 Å². The molecule has 0 unspecified atom stereocenters. The van der Waals surface area contributed by atoms with Crippen molar-refractivity contribution in [3.05, 3.63) is 54.1 Å². The van der Waals surface area contributed by atoms with Gasteiger partial charge >= 0.3 is 0 Å². The van der Waals surface area contributed by atoms with E-state index in [1.54, 1.807) is 6.20 Å². The zero-order valence-electron chi connectivity index (χ0n) is 12.8. The predicted octanol–water partition coefficient (Wildman–Crippen LogP) is 1.87. The molecule has 5 nitrogen and oxygen atoms in total. The van der Waals surface area contributed by atoms with Crippen molar-refractivity contribution in [2.45, 2.75) is 32.5 Å². The third-order valence-electron chi connectivity index (χ3n) is 3.91. The molecular weight excluding hydrogens is 278 g/mol. The fourth-order valence-corrected chi connectivity index (χ4v) is 2.85. The van der Waals surface area contributed by atoms with Gasteiger partial charge in [0.05, 0.1) is 25.6 Å². The van der Waals surface area contributed by atoms with Crippen LogP contribution in [0.5, 0.6) is 0 Å². The van der Waals surface area contributed by atoms with Crippen molar-refractivity contribution in [2.75, 3.05) is 13.2 Å². The zero-order valence-corrected chi connectivity index (χ0v) is 12.8. The van der Waals surface area contributed by atoms with Crippen LogP contribution in [0.1, 0.15) is 18.3 Å². The third kappa shape index (κ3) is 3.36. The summed E-state index contributed by atoms with van der Waals surface area (Å²) in [5, 5.41) is 0. The smallest absolute Gasteiger partial charge is 0.229 e. The Morgan fingerprint density at radius 1 is 1.32 bits per heavy atom. The number of hydrogen-bond acceptors (Lipinski definition) is 3. The van der Waals surface area contributed by atoms with E-state index >= 15 is 0 Å². The van der Waals surface area contributed by atoms with Crippen LogP contribution in [0.25, 0.3) is 0 Å². The van der Waals surface area contributed by atoms with Gasteiger partial charge in [0.25, 0.3) is 0 Å². The summed E-state index contributed by atoms with van der Waals surface area (Å²) in [5.74, 6) is 0.0954. The molecule has 3 rings (SSSR count). The van der Waals surface area contributed by atoms with Gasteiger partial charge in [-0.05, 0) is 31.2 Å². The number of carbonyl (C=O) groups excluding carboxylic acids is 1.